The van der Waals surface area contributed by atoms with Crippen molar-refractivity contribution in [3.05, 3.63) is 233 Å². The van der Waals surface area contributed by atoms with Gasteiger partial charge in [0.25, 0.3) is 0 Å². The van der Waals surface area contributed by atoms with Crippen LogP contribution in [-0.2, 0) is 0 Å². The van der Waals surface area contributed by atoms with Crippen LogP contribution in [0.15, 0.2) is 146 Å². The summed E-state index contributed by atoms with van der Waals surface area (Å²) in [6.45, 7) is 0. The summed E-state index contributed by atoms with van der Waals surface area (Å²) in [5.74, 6) is -0.455. The quantitative estimate of drug-likeness (QED) is 0.138. The fourth-order valence-corrected chi connectivity index (χ4v) is 8.30. The van der Waals surface area contributed by atoms with Crippen LogP contribution in [0.1, 0.15) is 91.5 Å². The molecule has 52 heavy (non-hydrogen) atoms. The predicted molar refractivity (Wildman–Crippen MR) is 213 cm³/mol. The third-order valence-electron chi connectivity index (χ3n) is 10.2. The molecule has 0 saturated heterocycles. The van der Waals surface area contributed by atoms with Gasteiger partial charge in [0, 0.05) is 65.6 Å². The average Bonchev–Trinajstić information content (AvgIpc) is 3.99. The lowest BCUT2D eigenvalue weighted by molar-refractivity contribution is 0.811. The van der Waals surface area contributed by atoms with E-state index in [1.165, 1.54) is 0 Å². The first-order valence-electron chi connectivity index (χ1n) is 17.1. The molecular weight excluding hydrogens is 726 g/mol. The molecule has 5 heterocycles. The van der Waals surface area contributed by atoms with Gasteiger partial charge >= 0.3 is 0 Å². The third-order valence-corrected chi connectivity index (χ3v) is 11.2. The Kier molecular flexibility index (Phi) is 8.65. The normalized spacial score (nSPS) is 18.4. The lowest BCUT2D eigenvalue weighted by atomic mass is 9.92. The van der Waals surface area contributed by atoms with Crippen LogP contribution in [-0.4, -0.2) is 19.9 Å². The van der Waals surface area contributed by atoms with Crippen LogP contribution in [0, 0.1) is 0 Å². The van der Waals surface area contributed by atoms with Crippen molar-refractivity contribution in [3.63, 3.8) is 0 Å². The highest BCUT2D eigenvalue weighted by molar-refractivity contribution is 6.31. The number of halogens is 4. The topological polar surface area (TPSA) is 63.2 Å². The zero-order chi connectivity index (χ0) is 35.3. The van der Waals surface area contributed by atoms with Gasteiger partial charge in [0.15, 0.2) is 0 Å². The Labute approximate surface area is 321 Å². The van der Waals surface area contributed by atoms with Gasteiger partial charge in [-0.25, -0.2) is 0 Å². The van der Waals surface area contributed by atoms with Gasteiger partial charge in [0.2, 0.25) is 0 Å². The van der Waals surface area contributed by atoms with Crippen molar-refractivity contribution >= 4 is 46.4 Å². The summed E-state index contributed by atoms with van der Waals surface area (Å²) in [7, 11) is 0. The van der Waals surface area contributed by atoms with E-state index in [0.29, 0.717) is 20.1 Å². The van der Waals surface area contributed by atoms with E-state index in [4.69, 9.17) is 46.4 Å². The summed E-state index contributed by atoms with van der Waals surface area (Å²) >= 11 is 25.6. The van der Waals surface area contributed by atoms with E-state index in [2.05, 4.69) is 117 Å². The molecule has 1 aliphatic heterocycles. The van der Waals surface area contributed by atoms with Gasteiger partial charge in [-0.15, -0.1) is 0 Å². The molecule has 4 N–H and O–H groups in total. The summed E-state index contributed by atoms with van der Waals surface area (Å²) in [5.41, 5.74) is 13.0. The van der Waals surface area contributed by atoms with Crippen LogP contribution < -0.4 is 0 Å². The van der Waals surface area contributed by atoms with E-state index in [0.717, 1.165) is 67.8 Å². The van der Waals surface area contributed by atoms with Gasteiger partial charge in [0.1, 0.15) is 0 Å². The molecule has 4 aromatic heterocycles. The lowest BCUT2D eigenvalue weighted by Gasteiger charge is -2.21. The van der Waals surface area contributed by atoms with Gasteiger partial charge in [-0.3, -0.25) is 0 Å². The molecule has 8 aromatic rings. The van der Waals surface area contributed by atoms with E-state index >= 15 is 0 Å². The van der Waals surface area contributed by atoms with Crippen LogP contribution >= 0.6 is 46.4 Å². The Morgan fingerprint density at radius 1 is 0.231 bits per heavy atom. The minimum atomic E-state index is -0.114. The van der Waals surface area contributed by atoms with Crippen molar-refractivity contribution in [2.45, 2.75) is 23.7 Å². The minimum absolute atomic E-state index is 0.114. The molecule has 8 heteroatoms. The first kappa shape index (κ1) is 33.0. The van der Waals surface area contributed by atoms with Crippen LogP contribution in [0.4, 0.5) is 0 Å². The number of hydrogen-bond donors (Lipinski definition) is 4. The van der Waals surface area contributed by atoms with Crippen molar-refractivity contribution in [2.75, 3.05) is 0 Å². The average molecular weight is 759 g/mol. The second-order valence-corrected chi connectivity index (χ2v) is 15.2. The van der Waals surface area contributed by atoms with E-state index in [9.17, 15) is 0 Å². The number of benzene rings is 4. The highest BCUT2D eigenvalue weighted by Gasteiger charge is 2.29. The van der Waals surface area contributed by atoms with Crippen LogP contribution in [0.2, 0.25) is 20.1 Å². The molecule has 0 unspecified atom stereocenters. The standard InChI is InChI=1S/C44H32Cl4N4/c45-29-9-1-25(2-10-29)41-33-17-19-35(49-33)42(26-3-11-30(46)12-4-26)37-21-23-39(51-37)44(28-7-15-32(48)16-8-28)40-24-22-38(52-40)43(36-20-18-34(41)50-36)27-5-13-31(47)14-6-27/h1-24,41-44,49-52H. The Morgan fingerprint density at radius 2 is 0.385 bits per heavy atom. The van der Waals surface area contributed by atoms with Gasteiger partial charge in [-0.05, 0) is 119 Å². The fraction of sp³-hybridized carbons (Fsp3) is 0.0909. The second kappa shape index (κ2) is 13.6. The Hall–Kier alpha value is -4.84. The molecule has 256 valence electrons. The summed E-state index contributed by atoms with van der Waals surface area (Å²) in [4.78, 5) is 15.5. The Balaban J connectivity index is 1.29. The monoisotopic (exact) mass is 756 g/mol. The van der Waals surface area contributed by atoms with Crippen molar-refractivity contribution in [1.82, 2.24) is 19.9 Å². The maximum absolute atomic E-state index is 6.40. The second-order valence-electron chi connectivity index (χ2n) is 13.4. The molecule has 0 aliphatic carbocycles. The van der Waals surface area contributed by atoms with Crippen LogP contribution in [0.5, 0.6) is 0 Å². The molecule has 0 radical (unpaired) electrons. The lowest BCUT2D eigenvalue weighted by Crippen LogP contribution is -2.10. The smallest absolute Gasteiger partial charge is 0.0641 e. The Morgan fingerprint density at radius 3 is 0.538 bits per heavy atom. The van der Waals surface area contributed by atoms with Crippen molar-refractivity contribution in [3.8, 4) is 0 Å². The number of aromatic nitrogens is 4. The number of fused-ring (bicyclic) bond motifs is 8. The zero-order valence-electron chi connectivity index (χ0n) is 27.7. The summed E-state index contributed by atoms with van der Waals surface area (Å²) in [5, 5.41) is 2.79. The van der Waals surface area contributed by atoms with Gasteiger partial charge < -0.3 is 19.9 Å². The highest BCUT2D eigenvalue weighted by Crippen LogP contribution is 2.41. The molecule has 4 aromatic carbocycles. The number of rotatable bonds is 4. The molecule has 0 fully saturated rings. The molecule has 0 spiro atoms. The highest BCUT2D eigenvalue weighted by atomic mass is 35.5. The minimum Gasteiger partial charge on any atom is -0.361 e. The first-order valence-corrected chi connectivity index (χ1v) is 18.7. The first-order chi connectivity index (χ1) is 25.4. The Bertz CT molecular complexity index is 2040. The van der Waals surface area contributed by atoms with Gasteiger partial charge in [0.05, 0.1) is 23.7 Å². The number of nitrogens with one attached hydrogen (secondary N) is 4. The van der Waals surface area contributed by atoms with E-state index in [1.807, 2.05) is 48.5 Å². The third kappa shape index (κ3) is 6.20. The maximum Gasteiger partial charge on any atom is 0.0641 e. The van der Waals surface area contributed by atoms with Gasteiger partial charge in [-0.2, -0.15) is 0 Å². The molecule has 8 bridgehead atoms. The van der Waals surface area contributed by atoms with Crippen molar-refractivity contribution in [2.24, 2.45) is 0 Å². The van der Waals surface area contributed by atoms with Crippen LogP contribution in [0.3, 0.4) is 0 Å². The number of H-pyrrole nitrogens is 4. The maximum atomic E-state index is 6.40. The van der Waals surface area contributed by atoms with E-state index in [1.54, 1.807) is 0 Å². The molecular formula is C44H32Cl4N4. The molecule has 0 atom stereocenters. The summed E-state index contributed by atoms with van der Waals surface area (Å²) in [6.07, 6.45) is 0. The summed E-state index contributed by atoms with van der Waals surface area (Å²) in [6, 6.07) is 50.0. The predicted octanol–water partition coefficient (Wildman–Crippen LogP) is 12.6. The molecule has 0 amide bonds. The van der Waals surface area contributed by atoms with Crippen LogP contribution in [0.25, 0.3) is 0 Å². The summed E-state index contributed by atoms with van der Waals surface area (Å²) < 4.78 is 0. The molecule has 9 rings (SSSR count). The SMILES string of the molecule is Clc1ccc(C2c3ccc([nH]3)C(c3ccc(Cl)cc3)c3ccc([nH]3)C(c3ccc(Cl)cc3)c3ccc([nH]3)C(c3ccc(Cl)cc3)c3ccc2[nH]3)cc1. The van der Waals surface area contributed by atoms with E-state index < -0.39 is 0 Å². The zero-order valence-corrected chi connectivity index (χ0v) is 30.7. The van der Waals surface area contributed by atoms with E-state index in [-0.39, 0.29) is 23.7 Å². The largest absolute Gasteiger partial charge is 0.361 e. The fourth-order valence-electron chi connectivity index (χ4n) is 7.79. The van der Waals surface area contributed by atoms with Crippen molar-refractivity contribution < 1.29 is 0 Å². The number of hydrogen-bond acceptors (Lipinski definition) is 0. The molecule has 4 nitrogen and oxygen atoms in total. The molecule has 1 aliphatic rings. The number of aromatic amines is 4. The van der Waals surface area contributed by atoms with Gasteiger partial charge in [-0.1, -0.05) is 94.9 Å². The van der Waals surface area contributed by atoms with Crippen molar-refractivity contribution in [1.29, 1.82) is 0 Å². The molecule has 0 saturated carbocycles.